The first-order valence-electron chi connectivity index (χ1n) is 11.7. The highest BCUT2D eigenvalue weighted by Gasteiger charge is 2.20. The van der Waals surface area contributed by atoms with Crippen molar-refractivity contribution in [2.45, 2.75) is 12.8 Å². The van der Waals surface area contributed by atoms with Crippen LogP contribution in [0.25, 0.3) is 11.4 Å². The maximum Gasteiger partial charge on any atom is 0.253 e. The molecule has 0 aliphatic carbocycles. The second-order valence-corrected chi connectivity index (χ2v) is 8.21. The molecule has 0 aliphatic rings. The van der Waals surface area contributed by atoms with Gasteiger partial charge in [0.25, 0.3) is 5.91 Å². The number of aromatic nitrogens is 2. The molecule has 0 atom stereocenters. The van der Waals surface area contributed by atoms with Gasteiger partial charge in [0, 0.05) is 30.6 Å². The summed E-state index contributed by atoms with van der Waals surface area (Å²) in [5.41, 5.74) is 2.01. The van der Waals surface area contributed by atoms with E-state index < -0.39 is 5.82 Å². The van der Waals surface area contributed by atoms with Gasteiger partial charge in [0.05, 0.1) is 21.3 Å². The van der Waals surface area contributed by atoms with Crippen molar-refractivity contribution in [1.29, 1.82) is 0 Å². The van der Waals surface area contributed by atoms with Gasteiger partial charge in [-0.3, -0.25) is 4.79 Å². The van der Waals surface area contributed by atoms with Gasteiger partial charge >= 0.3 is 0 Å². The fraction of sp³-hybridized carbons (Fsp3) is 0.250. The minimum Gasteiger partial charge on any atom is -0.493 e. The van der Waals surface area contributed by atoms with Crippen LogP contribution < -0.4 is 14.2 Å². The monoisotopic (exact) mass is 505 g/mol. The molecular formula is C28H28FN3O5. The van der Waals surface area contributed by atoms with Crippen molar-refractivity contribution in [3.63, 3.8) is 0 Å². The number of benzene rings is 3. The number of hydrogen-bond donors (Lipinski definition) is 0. The van der Waals surface area contributed by atoms with Crippen LogP contribution in [0.15, 0.2) is 71.3 Å². The number of carbonyl (C=O) groups excluding carboxylic acids is 1. The Hall–Kier alpha value is -4.40. The summed E-state index contributed by atoms with van der Waals surface area (Å²) < 4.78 is 35.4. The summed E-state index contributed by atoms with van der Waals surface area (Å²) in [6, 6.07) is 19.0. The maximum atomic E-state index is 13.8. The van der Waals surface area contributed by atoms with Crippen molar-refractivity contribution in [1.82, 2.24) is 15.0 Å². The predicted octanol–water partition coefficient (Wildman–Crippen LogP) is 4.83. The molecule has 1 aromatic heterocycles. The van der Waals surface area contributed by atoms with E-state index in [1.807, 2.05) is 30.3 Å². The summed E-state index contributed by atoms with van der Waals surface area (Å²) in [5, 5.41) is 4.09. The molecule has 0 bridgehead atoms. The quantitative estimate of drug-likeness (QED) is 0.289. The molecule has 0 aliphatic heterocycles. The Morgan fingerprint density at radius 3 is 2.24 bits per heavy atom. The van der Waals surface area contributed by atoms with Crippen LogP contribution in [0.1, 0.15) is 21.8 Å². The highest BCUT2D eigenvalue weighted by Crippen LogP contribution is 2.40. The number of hydrogen-bond acceptors (Lipinski definition) is 7. The van der Waals surface area contributed by atoms with Crippen molar-refractivity contribution < 1.29 is 27.9 Å². The summed E-state index contributed by atoms with van der Waals surface area (Å²) in [6.07, 6.45) is 0.982. The lowest BCUT2D eigenvalue weighted by atomic mass is 10.1. The molecule has 0 N–H and O–H groups in total. The third-order valence-electron chi connectivity index (χ3n) is 5.86. The Kier molecular flexibility index (Phi) is 8.35. The number of halogens is 1. The largest absolute Gasteiger partial charge is 0.493 e. The fourth-order valence-electron chi connectivity index (χ4n) is 3.94. The highest BCUT2D eigenvalue weighted by atomic mass is 19.1. The van der Waals surface area contributed by atoms with Crippen molar-refractivity contribution >= 4 is 5.91 Å². The lowest BCUT2D eigenvalue weighted by Crippen LogP contribution is -2.35. The highest BCUT2D eigenvalue weighted by molar-refractivity contribution is 5.94. The molecule has 0 saturated carbocycles. The maximum absolute atomic E-state index is 13.8. The molecule has 3 aromatic carbocycles. The fourth-order valence-corrected chi connectivity index (χ4v) is 3.94. The normalized spacial score (nSPS) is 10.7. The molecule has 0 spiro atoms. The van der Waals surface area contributed by atoms with Gasteiger partial charge in [0.15, 0.2) is 11.5 Å². The standard InChI is InChI=1S/C28H28FN3O5/c1-34-23-17-21(18-24(35-2)26(23)36-3)27-30-25(37-31-27)13-15-32(14-12-19-8-5-4-6-9-19)28(33)20-10-7-11-22(29)16-20/h4-11,16-18H,12-15H2,1-3H3. The number of carbonyl (C=O) groups is 1. The molecule has 37 heavy (non-hydrogen) atoms. The molecule has 192 valence electrons. The van der Waals surface area contributed by atoms with E-state index in [2.05, 4.69) is 10.1 Å². The van der Waals surface area contributed by atoms with Crippen molar-refractivity contribution in [2.24, 2.45) is 0 Å². The Labute approximate surface area is 214 Å². The molecule has 0 radical (unpaired) electrons. The van der Waals surface area contributed by atoms with Crippen LogP contribution in [-0.4, -0.2) is 55.4 Å². The van der Waals surface area contributed by atoms with Crippen LogP contribution >= 0.6 is 0 Å². The first kappa shape index (κ1) is 25.7. The van der Waals surface area contributed by atoms with E-state index >= 15 is 0 Å². The third-order valence-corrected chi connectivity index (χ3v) is 5.86. The Balaban J connectivity index is 1.51. The van der Waals surface area contributed by atoms with Crippen molar-refractivity contribution in [2.75, 3.05) is 34.4 Å². The van der Waals surface area contributed by atoms with Gasteiger partial charge < -0.3 is 23.6 Å². The average Bonchev–Trinajstić information content (AvgIpc) is 3.41. The van der Waals surface area contributed by atoms with Gasteiger partial charge in [0.1, 0.15) is 5.82 Å². The van der Waals surface area contributed by atoms with E-state index in [0.29, 0.717) is 60.5 Å². The summed E-state index contributed by atoms with van der Waals surface area (Å²) in [5.74, 6) is 1.39. The van der Waals surface area contributed by atoms with E-state index in [-0.39, 0.29) is 11.5 Å². The van der Waals surface area contributed by atoms with E-state index in [1.54, 1.807) is 23.1 Å². The Morgan fingerprint density at radius 1 is 0.892 bits per heavy atom. The van der Waals surface area contributed by atoms with Gasteiger partial charge in [-0.05, 0) is 42.3 Å². The minimum atomic E-state index is -0.458. The summed E-state index contributed by atoms with van der Waals surface area (Å²) in [6.45, 7) is 0.770. The Bertz CT molecular complexity index is 1320. The molecule has 1 heterocycles. The molecule has 8 nitrogen and oxygen atoms in total. The molecule has 0 saturated heterocycles. The zero-order valence-electron chi connectivity index (χ0n) is 20.9. The van der Waals surface area contributed by atoms with Gasteiger partial charge in [-0.15, -0.1) is 0 Å². The predicted molar refractivity (Wildman–Crippen MR) is 136 cm³/mol. The van der Waals surface area contributed by atoms with Crippen molar-refractivity contribution in [3.05, 3.63) is 89.6 Å². The molecule has 4 rings (SSSR count). The third kappa shape index (κ3) is 6.24. The van der Waals surface area contributed by atoms with Crippen LogP contribution in [0.2, 0.25) is 0 Å². The number of rotatable bonds is 11. The second kappa shape index (κ2) is 12.0. The molecule has 4 aromatic rings. The van der Waals surface area contributed by atoms with Crippen molar-refractivity contribution in [3.8, 4) is 28.6 Å². The number of ether oxygens (including phenoxy) is 3. The topological polar surface area (TPSA) is 86.9 Å². The molecule has 0 unspecified atom stereocenters. The first-order chi connectivity index (χ1) is 18.0. The Morgan fingerprint density at radius 2 is 1.59 bits per heavy atom. The minimum absolute atomic E-state index is 0.264. The lowest BCUT2D eigenvalue weighted by molar-refractivity contribution is 0.0755. The number of methoxy groups -OCH3 is 3. The first-order valence-corrected chi connectivity index (χ1v) is 11.7. The lowest BCUT2D eigenvalue weighted by Gasteiger charge is -2.22. The zero-order chi connectivity index (χ0) is 26.2. The molecule has 1 amide bonds. The van der Waals surface area contributed by atoms with E-state index in [1.165, 1.54) is 39.5 Å². The summed E-state index contributed by atoms with van der Waals surface area (Å²) >= 11 is 0. The average molecular weight is 506 g/mol. The van der Waals surface area contributed by atoms with Crippen LogP contribution in [0.3, 0.4) is 0 Å². The van der Waals surface area contributed by atoms with Crippen LogP contribution in [0, 0.1) is 5.82 Å². The van der Waals surface area contributed by atoms with Crippen LogP contribution in [-0.2, 0) is 12.8 Å². The second-order valence-electron chi connectivity index (χ2n) is 8.21. The van der Waals surface area contributed by atoms with Crippen LogP contribution in [0.5, 0.6) is 17.2 Å². The summed E-state index contributed by atoms with van der Waals surface area (Å²) in [4.78, 5) is 19.4. The van der Waals surface area contributed by atoms with E-state index in [4.69, 9.17) is 18.7 Å². The van der Waals surface area contributed by atoms with Gasteiger partial charge in [-0.25, -0.2) is 4.39 Å². The van der Waals surface area contributed by atoms with Gasteiger partial charge in [-0.2, -0.15) is 4.98 Å². The molecule has 0 fully saturated rings. The van der Waals surface area contributed by atoms with Gasteiger partial charge in [-0.1, -0.05) is 41.6 Å². The summed E-state index contributed by atoms with van der Waals surface area (Å²) in [7, 11) is 4.59. The van der Waals surface area contributed by atoms with Crippen LogP contribution in [0.4, 0.5) is 4.39 Å². The van der Waals surface area contributed by atoms with Gasteiger partial charge in [0.2, 0.25) is 17.5 Å². The van der Waals surface area contributed by atoms with E-state index in [9.17, 15) is 9.18 Å². The smallest absolute Gasteiger partial charge is 0.253 e. The zero-order valence-corrected chi connectivity index (χ0v) is 20.9. The molecule has 9 heteroatoms. The number of nitrogens with zero attached hydrogens (tertiary/aromatic N) is 3. The van der Waals surface area contributed by atoms with E-state index in [0.717, 1.165) is 5.56 Å². The number of amides is 1. The SMILES string of the molecule is COc1cc(-c2noc(CCN(CCc3ccccc3)C(=O)c3cccc(F)c3)n2)cc(OC)c1OC. The molecular weight excluding hydrogens is 477 g/mol.